The van der Waals surface area contributed by atoms with Gasteiger partial charge in [0, 0.05) is 6.20 Å². The third-order valence-corrected chi connectivity index (χ3v) is 2.41. The first-order valence-corrected chi connectivity index (χ1v) is 5.39. The Hall–Kier alpha value is -1.48. The van der Waals surface area contributed by atoms with Crippen LogP contribution in [-0.2, 0) is 4.74 Å². The van der Waals surface area contributed by atoms with Gasteiger partial charge in [0.05, 0.1) is 13.2 Å². The fourth-order valence-electron chi connectivity index (χ4n) is 1.39. The largest absolute Gasteiger partial charge is 0.394 e. The molecule has 5 N–H and O–H groups in total. The molecule has 0 saturated carbocycles. The van der Waals surface area contributed by atoms with E-state index >= 15 is 0 Å². The molecule has 0 saturated heterocycles. The van der Waals surface area contributed by atoms with E-state index in [1.54, 1.807) is 6.92 Å². The molecule has 8 nitrogen and oxygen atoms in total. The molecule has 18 heavy (non-hydrogen) atoms. The normalized spacial score (nSPS) is 16.2. The van der Waals surface area contributed by atoms with E-state index in [0.29, 0.717) is 0 Å². The van der Waals surface area contributed by atoms with E-state index in [1.165, 1.54) is 12.3 Å². The number of ether oxygens (including phenoxy) is 1. The summed E-state index contributed by atoms with van der Waals surface area (Å²) in [4.78, 5) is 15.0. The molecule has 1 heterocycles. The van der Waals surface area contributed by atoms with Gasteiger partial charge >= 0.3 is 5.69 Å². The first kappa shape index (κ1) is 14.6. The second-order valence-corrected chi connectivity index (χ2v) is 3.75. The Labute approximate surface area is 103 Å². The van der Waals surface area contributed by atoms with Crippen LogP contribution in [0.5, 0.6) is 0 Å². The smallest absolute Gasteiger partial charge is 0.351 e. The Morgan fingerprint density at radius 2 is 2.17 bits per heavy atom. The third-order valence-electron chi connectivity index (χ3n) is 2.41. The molecule has 0 bridgehead atoms. The quantitative estimate of drug-likeness (QED) is 0.468. The fraction of sp³-hybridized carbons (Fsp3) is 0.600. The summed E-state index contributed by atoms with van der Waals surface area (Å²) in [6.45, 7) is 0.516. The maximum Gasteiger partial charge on any atom is 0.351 e. The number of anilines is 1. The molecule has 1 unspecified atom stereocenters. The number of hydrogen-bond acceptors (Lipinski definition) is 7. The number of aliphatic hydroxyl groups excluding tert-OH is 3. The molecular formula is C10H17N3O5. The molecule has 1 aromatic rings. The maximum absolute atomic E-state index is 11.5. The zero-order valence-electron chi connectivity index (χ0n) is 9.93. The van der Waals surface area contributed by atoms with Crippen LogP contribution >= 0.6 is 0 Å². The maximum atomic E-state index is 11.5. The summed E-state index contributed by atoms with van der Waals surface area (Å²) in [5.74, 6) is 0.0950. The van der Waals surface area contributed by atoms with E-state index < -0.39 is 37.3 Å². The van der Waals surface area contributed by atoms with Gasteiger partial charge in [-0.2, -0.15) is 4.98 Å². The Kier molecular flexibility index (Phi) is 5.23. The van der Waals surface area contributed by atoms with Gasteiger partial charge in [0.2, 0.25) is 0 Å². The average molecular weight is 259 g/mol. The summed E-state index contributed by atoms with van der Waals surface area (Å²) < 4.78 is 6.44. The number of nitrogen functional groups attached to an aromatic ring is 1. The van der Waals surface area contributed by atoms with Crippen LogP contribution < -0.4 is 11.4 Å². The molecule has 0 amide bonds. The number of rotatable bonds is 6. The molecule has 1 rings (SSSR count). The Morgan fingerprint density at radius 3 is 2.67 bits per heavy atom. The number of hydrogen-bond donors (Lipinski definition) is 4. The van der Waals surface area contributed by atoms with E-state index in [9.17, 15) is 9.90 Å². The molecule has 0 aromatic carbocycles. The van der Waals surface area contributed by atoms with Crippen molar-refractivity contribution in [2.75, 3.05) is 18.9 Å². The minimum absolute atomic E-state index is 0.0950. The van der Waals surface area contributed by atoms with Crippen LogP contribution in [0.1, 0.15) is 13.2 Å². The summed E-state index contributed by atoms with van der Waals surface area (Å²) >= 11 is 0. The fourth-order valence-corrected chi connectivity index (χ4v) is 1.39. The lowest BCUT2D eigenvalue weighted by Crippen LogP contribution is -2.38. The Morgan fingerprint density at radius 1 is 1.50 bits per heavy atom. The zero-order valence-corrected chi connectivity index (χ0v) is 9.93. The molecule has 0 spiro atoms. The minimum atomic E-state index is -1.23. The van der Waals surface area contributed by atoms with Crippen molar-refractivity contribution in [1.29, 1.82) is 0 Å². The second kappa shape index (κ2) is 6.45. The SMILES string of the molecule is CC(O[C@H](CO)[C@@H](O)CO)n1ccc(N)nc1=O. The van der Waals surface area contributed by atoms with Crippen molar-refractivity contribution >= 4 is 5.82 Å². The summed E-state index contributed by atoms with van der Waals surface area (Å²) in [6.07, 6.45) is -1.58. The van der Waals surface area contributed by atoms with Gasteiger partial charge < -0.3 is 25.8 Å². The molecule has 102 valence electrons. The van der Waals surface area contributed by atoms with Crippen LogP contribution in [0.15, 0.2) is 17.1 Å². The Balaban J connectivity index is 2.81. The van der Waals surface area contributed by atoms with Crippen molar-refractivity contribution in [3.63, 3.8) is 0 Å². The Bertz CT molecular complexity index is 436. The topological polar surface area (TPSA) is 131 Å². The first-order chi connectivity index (χ1) is 8.49. The summed E-state index contributed by atoms with van der Waals surface area (Å²) in [5.41, 5.74) is 4.75. The van der Waals surface area contributed by atoms with Crippen molar-refractivity contribution in [2.45, 2.75) is 25.4 Å². The second-order valence-electron chi connectivity index (χ2n) is 3.75. The molecule has 3 atom stereocenters. The number of nitrogens with zero attached hydrogens (tertiary/aromatic N) is 2. The average Bonchev–Trinajstić information content (AvgIpc) is 2.34. The van der Waals surface area contributed by atoms with Gasteiger partial charge in [-0.25, -0.2) is 4.79 Å². The van der Waals surface area contributed by atoms with Gasteiger partial charge in [-0.1, -0.05) is 0 Å². The minimum Gasteiger partial charge on any atom is -0.394 e. The highest BCUT2D eigenvalue weighted by Gasteiger charge is 2.22. The molecule has 0 aliphatic rings. The van der Waals surface area contributed by atoms with Crippen molar-refractivity contribution in [1.82, 2.24) is 9.55 Å². The van der Waals surface area contributed by atoms with Gasteiger partial charge in [-0.15, -0.1) is 0 Å². The molecular weight excluding hydrogens is 242 g/mol. The first-order valence-electron chi connectivity index (χ1n) is 5.39. The van der Waals surface area contributed by atoms with Crippen molar-refractivity contribution in [2.24, 2.45) is 0 Å². The molecule has 0 radical (unpaired) electrons. The van der Waals surface area contributed by atoms with E-state index in [2.05, 4.69) is 4.98 Å². The van der Waals surface area contributed by atoms with Crippen LogP contribution in [0.25, 0.3) is 0 Å². The van der Waals surface area contributed by atoms with E-state index in [-0.39, 0.29) is 5.82 Å². The van der Waals surface area contributed by atoms with E-state index in [0.717, 1.165) is 4.57 Å². The number of aromatic nitrogens is 2. The van der Waals surface area contributed by atoms with E-state index in [1.807, 2.05) is 0 Å². The molecule has 8 heteroatoms. The highest BCUT2D eigenvalue weighted by molar-refractivity contribution is 5.23. The number of nitrogens with two attached hydrogens (primary N) is 1. The van der Waals surface area contributed by atoms with Gasteiger partial charge in [-0.05, 0) is 13.0 Å². The van der Waals surface area contributed by atoms with Gasteiger partial charge in [0.25, 0.3) is 0 Å². The van der Waals surface area contributed by atoms with Crippen molar-refractivity contribution < 1.29 is 20.1 Å². The van der Waals surface area contributed by atoms with Crippen LogP contribution in [0, 0.1) is 0 Å². The third kappa shape index (κ3) is 3.50. The zero-order chi connectivity index (χ0) is 13.7. The summed E-state index contributed by atoms with van der Waals surface area (Å²) in [7, 11) is 0. The molecule has 0 fully saturated rings. The monoisotopic (exact) mass is 259 g/mol. The van der Waals surface area contributed by atoms with Crippen LogP contribution in [0.3, 0.4) is 0 Å². The van der Waals surface area contributed by atoms with Gasteiger partial charge in [0.15, 0.2) is 0 Å². The molecule has 1 aromatic heterocycles. The van der Waals surface area contributed by atoms with Crippen molar-refractivity contribution in [3.8, 4) is 0 Å². The highest BCUT2D eigenvalue weighted by atomic mass is 16.5. The lowest BCUT2D eigenvalue weighted by molar-refractivity contribution is -0.127. The van der Waals surface area contributed by atoms with Gasteiger partial charge in [0.1, 0.15) is 24.3 Å². The number of aliphatic hydroxyl groups is 3. The van der Waals surface area contributed by atoms with Crippen LogP contribution in [0.2, 0.25) is 0 Å². The van der Waals surface area contributed by atoms with Crippen LogP contribution in [-0.4, -0.2) is 50.3 Å². The molecule has 0 aliphatic carbocycles. The highest BCUT2D eigenvalue weighted by Crippen LogP contribution is 2.11. The predicted molar refractivity (Wildman–Crippen MR) is 62.7 cm³/mol. The lowest BCUT2D eigenvalue weighted by Gasteiger charge is -2.24. The van der Waals surface area contributed by atoms with Gasteiger partial charge in [-0.3, -0.25) is 4.57 Å². The lowest BCUT2D eigenvalue weighted by atomic mass is 10.2. The van der Waals surface area contributed by atoms with Crippen molar-refractivity contribution in [3.05, 3.63) is 22.7 Å². The van der Waals surface area contributed by atoms with E-state index in [4.69, 9.17) is 20.7 Å². The standard InChI is InChI=1S/C10H17N3O5/c1-6(18-8(5-15)7(16)4-14)13-3-2-9(11)12-10(13)17/h2-3,6-8,14-16H,4-5H2,1H3,(H2,11,12,17)/t6?,7-,8+/m0/s1. The van der Waals surface area contributed by atoms with Crippen LogP contribution in [0.4, 0.5) is 5.82 Å². The summed E-state index contributed by atoms with van der Waals surface area (Å²) in [5, 5.41) is 27.2. The predicted octanol–water partition coefficient (Wildman–Crippen LogP) is -1.93. The summed E-state index contributed by atoms with van der Waals surface area (Å²) in [6, 6.07) is 1.43. The molecule has 0 aliphatic heterocycles.